The molecule has 2 rings (SSSR count). The average molecular weight is 290 g/mol. The number of carbonyl (C=O) groups excluding carboxylic acids is 1. The van der Waals surface area contributed by atoms with Crippen LogP contribution in [0.3, 0.4) is 0 Å². The maximum absolute atomic E-state index is 12.8. The molecule has 1 aromatic rings. The summed E-state index contributed by atoms with van der Waals surface area (Å²) in [5, 5.41) is 6.50. The van der Waals surface area contributed by atoms with Gasteiger partial charge < -0.3 is 15.4 Å². The van der Waals surface area contributed by atoms with Crippen LogP contribution < -0.4 is 15.4 Å². The quantitative estimate of drug-likeness (QED) is 0.876. The van der Waals surface area contributed by atoms with Gasteiger partial charge in [-0.05, 0) is 31.9 Å². The van der Waals surface area contributed by atoms with Crippen LogP contribution in [-0.2, 0) is 4.79 Å². The molecule has 1 aliphatic heterocycles. The molecule has 2 N–H and O–H groups in total. The topological polar surface area (TPSA) is 50.4 Å². The van der Waals surface area contributed by atoms with E-state index in [1.54, 1.807) is 7.11 Å². The predicted octanol–water partition coefficient (Wildman–Crippen LogP) is 2.51. The van der Waals surface area contributed by atoms with Crippen molar-refractivity contribution in [3.8, 4) is 5.75 Å². The second kappa shape index (κ2) is 6.48. The fourth-order valence-electron chi connectivity index (χ4n) is 3.10. The lowest BCUT2D eigenvalue weighted by Crippen LogP contribution is -2.46. The van der Waals surface area contributed by atoms with Crippen LogP contribution in [0.1, 0.15) is 38.8 Å². The van der Waals surface area contributed by atoms with Crippen molar-refractivity contribution in [2.24, 2.45) is 11.3 Å². The molecule has 0 aromatic heterocycles. The molecule has 4 nitrogen and oxygen atoms in total. The molecular formula is C17H26N2O2. The standard InChI is InChI=1S/C17H26N2O2/c1-12(2)17(9-10-18-11-17)16(20)19-13(3)14-7-5-6-8-15(14)21-4/h5-8,12-13,18H,9-11H2,1-4H3,(H,19,20)/t13-,17?/m0/s1. The van der Waals surface area contributed by atoms with E-state index < -0.39 is 0 Å². The summed E-state index contributed by atoms with van der Waals surface area (Å²) in [4.78, 5) is 12.8. The van der Waals surface area contributed by atoms with Crippen LogP contribution in [-0.4, -0.2) is 26.1 Å². The van der Waals surface area contributed by atoms with Crippen LogP contribution in [0.15, 0.2) is 24.3 Å². The van der Waals surface area contributed by atoms with Gasteiger partial charge in [-0.3, -0.25) is 4.79 Å². The van der Waals surface area contributed by atoms with Gasteiger partial charge in [0.2, 0.25) is 5.91 Å². The maximum Gasteiger partial charge on any atom is 0.228 e. The number of para-hydroxylation sites is 1. The fourth-order valence-corrected chi connectivity index (χ4v) is 3.10. The van der Waals surface area contributed by atoms with Crippen LogP contribution in [0.2, 0.25) is 0 Å². The smallest absolute Gasteiger partial charge is 0.228 e. The Hall–Kier alpha value is -1.55. The minimum absolute atomic E-state index is 0.0649. The monoisotopic (exact) mass is 290 g/mol. The molecule has 1 unspecified atom stereocenters. The number of benzene rings is 1. The first-order valence-electron chi connectivity index (χ1n) is 7.66. The molecule has 116 valence electrons. The first kappa shape index (κ1) is 15.8. The summed E-state index contributed by atoms with van der Waals surface area (Å²) in [6.45, 7) is 7.93. The Kier molecular flexibility index (Phi) is 4.88. The molecule has 1 heterocycles. The summed E-state index contributed by atoms with van der Waals surface area (Å²) in [7, 11) is 1.66. The molecule has 1 amide bonds. The summed E-state index contributed by atoms with van der Waals surface area (Å²) in [5.74, 6) is 1.27. The molecule has 0 saturated carbocycles. The van der Waals surface area contributed by atoms with E-state index in [4.69, 9.17) is 4.74 Å². The van der Waals surface area contributed by atoms with Gasteiger partial charge in [0.1, 0.15) is 5.75 Å². The first-order chi connectivity index (χ1) is 10.0. The van der Waals surface area contributed by atoms with Crippen LogP contribution in [0.5, 0.6) is 5.75 Å². The highest BCUT2D eigenvalue weighted by molar-refractivity contribution is 5.84. The molecule has 0 spiro atoms. The molecule has 1 fully saturated rings. The van der Waals surface area contributed by atoms with Gasteiger partial charge in [-0.1, -0.05) is 32.0 Å². The average Bonchev–Trinajstić information content (AvgIpc) is 2.98. The number of ether oxygens (including phenoxy) is 1. The van der Waals surface area contributed by atoms with Gasteiger partial charge in [0, 0.05) is 12.1 Å². The van der Waals surface area contributed by atoms with E-state index in [2.05, 4.69) is 24.5 Å². The Morgan fingerprint density at radius 3 is 2.62 bits per heavy atom. The number of amides is 1. The van der Waals surface area contributed by atoms with Crippen molar-refractivity contribution in [3.05, 3.63) is 29.8 Å². The number of carbonyl (C=O) groups is 1. The molecule has 4 heteroatoms. The first-order valence-corrected chi connectivity index (χ1v) is 7.66. The van der Waals surface area contributed by atoms with Crippen molar-refractivity contribution in [3.63, 3.8) is 0 Å². The summed E-state index contributed by atoms with van der Waals surface area (Å²) in [5.41, 5.74) is 0.717. The lowest BCUT2D eigenvalue weighted by molar-refractivity contribution is -0.133. The normalized spacial score (nSPS) is 23.1. The van der Waals surface area contributed by atoms with Crippen molar-refractivity contribution < 1.29 is 9.53 Å². The number of methoxy groups -OCH3 is 1. The van der Waals surface area contributed by atoms with Crippen molar-refractivity contribution in [2.45, 2.75) is 33.2 Å². The van der Waals surface area contributed by atoms with Crippen LogP contribution in [0, 0.1) is 11.3 Å². The van der Waals surface area contributed by atoms with Crippen molar-refractivity contribution in [2.75, 3.05) is 20.2 Å². The number of hydrogen-bond acceptors (Lipinski definition) is 3. The molecule has 0 radical (unpaired) electrons. The second-order valence-electron chi connectivity index (χ2n) is 6.17. The predicted molar refractivity (Wildman–Crippen MR) is 84.3 cm³/mol. The van der Waals surface area contributed by atoms with Gasteiger partial charge >= 0.3 is 0 Å². The summed E-state index contributed by atoms with van der Waals surface area (Å²) in [6.07, 6.45) is 0.898. The zero-order chi connectivity index (χ0) is 15.5. The van der Waals surface area contributed by atoms with Gasteiger partial charge in [0.25, 0.3) is 0 Å². The van der Waals surface area contributed by atoms with Crippen LogP contribution in [0.4, 0.5) is 0 Å². The summed E-state index contributed by atoms with van der Waals surface area (Å²) >= 11 is 0. The van der Waals surface area contributed by atoms with E-state index in [0.29, 0.717) is 5.92 Å². The third kappa shape index (κ3) is 3.05. The Labute approximate surface area is 127 Å². The van der Waals surface area contributed by atoms with E-state index in [1.165, 1.54) is 0 Å². The maximum atomic E-state index is 12.8. The van der Waals surface area contributed by atoms with E-state index in [9.17, 15) is 4.79 Å². The SMILES string of the molecule is COc1ccccc1[C@H](C)NC(=O)C1(C(C)C)CCNC1. The van der Waals surface area contributed by atoms with E-state index in [1.807, 2.05) is 31.2 Å². The van der Waals surface area contributed by atoms with Gasteiger partial charge in [0.05, 0.1) is 18.6 Å². The van der Waals surface area contributed by atoms with Crippen LogP contribution >= 0.6 is 0 Å². The summed E-state index contributed by atoms with van der Waals surface area (Å²) < 4.78 is 5.38. The highest BCUT2D eigenvalue weighted by atomic mass is 16.5. The highest BCUT2D eigenvalue weighted by Crippen LogP contribution is 2.35. The van der Waals surface area contributed by atoms with Crippen LogP contribution in [0.25, 0.3) is 0 Å². The number of rotatable bonds is 5. The van der Waals surface area contributed by atoms with Gasteiger partial charge in [-0.15, -0.1) is 0 Å². The lowest BCUT2D eigenvalue weighted by atomic mass is 9.75. The highest BCUT2D eigenvalue weighted by Gasteiger charge is 2.44. The van der Waals surface area contributed by atoms with Gasteiger partial charge in [-0.25, -0.2) is 0 Å². The Morgan fingerprint density at radius 2 is 2.05 bits per heavy atom. The molecule has 1 aromatic carbocycles. The molecule has 0 aliphatic carbocycles. The zero-order valence-corrected chi connectivity index (χ0v) is 13.4. The Bertz CT molecular complexity index is 493. The largest absolute Gasteiger partial charge is 0.496 e. The molecule has 0 bridgehead atoms. The van der Waals surface area contributed by atoms with Gasteiger partial charge in [0.15, 0.2) is 0 Å². The molecular weight excluding hydrogens is 264 g/mol. The second-order valence-corrected chi connectivity index (χ2v) is 6.17. The molecule has 2 atom stereocenters. The third-order valence-electron chi connectivity index (χ3n) is 4.70. The third-order valence-corrected chi connectivity index (χ3v) is 4.70. The van der Waals surface area contributed by atoms with E-state index in [0.717, 1.165) is 30.8 Å². The zero-order valence-electron chi connectivity index (χ0n) is 13.4. The van der Waals surface area contributed by atoms with Crippen molar-refractivity contribution in [1.82, 2.24) is 10.6 Å². The number of nitrogens with one attached hydrogen (secondary N) is 2. The van der Waals surface area contributed by atoms with Crippen molar-refractivity contribution in [1.29, 1.82) is 0 Å². The minimum atomic E-state index is -0.295. The minimum Gasteiger partial charge on any atom is -0.496 e. The summed E-state index contributed by atoms with van der Waals surface area (Å²) in [6, 6.07) is 7.76. The lowest BCUT2D eigenvalue weighted by Gasteiger charge is -2.32. The van der Waals surface area contributed by atoms with Gasteiger partial charge in [-0.2, -0.15) is 0 Å². The Morgan fingerprint density at radius 1 is 1.33 bits per heavy atom. The molecule has 1 saturated heterocycles. The fraction of sp³-hybridized carbons (Fsp3) is 0.588. The number of hydrogen-bond donors (Lipinski definition) is 2. The molecule has 21 heavy (non-hydrogen) atoms. The Balaban J connectivity index is 2.15. The van der Waals surface area contributed by atoms with E-state index in [-0.39, 0.29) is 17.4 Å². The van der Waals surface area contributed by atoms with E-state index >= 15 is 0 Å². The van der Waals surface area contributed by atoms with Crippen molar-refractivity contribution >= 4 is 5.91 Å². The molecule has 1 aliphatic rings.